The van der Waals surface area contributed by atoms with Crippen molar-refractivity contribution in [1.29, 1.82) is 0 Å². The number of nitrogens with zero attached hydrogens (tertiary/aromatic N) is 5. The quantitative estimate of drug-likeness (QED) is 0.887. The number of anilines is 2. The summed E-state index contributed by atoms with van der Waals surface area (Å²) in [5.74, 6) is 1.68. The van der Waals surface area contributed by atoms with Crippen molar-refractivity contribution in [3.05, 3.63) is 41.9 Å². The Kier molecular flexibility index (Phi) is 5.43. The fraction of sp³-hybridized carbons (Fsp3) is 0.375. The fourth-order valence-electron chi connectivity index (χ4n) is 2.61. The minimum atomic E-state index is 0.137. The lowest BCUT2D eigenvalue weighted by Gasteiger charge is -2.35. The first kappa shape index (κ1) is 16.4. The van der Waals surface area contributed by atoms with E-state index in [-0.39, 0.29) is 5.91 Å². The minimum Gasteiger partial charge on any atom is -0.368 e. The third-order valence-electron chi connectivity index (χ3n) is 3.86. The maximum Gasteiger partial charge on any atom is 0.224 e. The lowest BCUT2D eigenvalue weighted by Crippen LogP contribution is -2.49. The van der Waals surface area contributed by atoms with Crippen molar-refractivity contribution in [2.75, 3.05) is 42.9 Å². The van der Waals surface area contributed by atoms with Crippen LogP contribution in [0.2, 0.25) is 5.15 Å². The monoisotopic (exact) mass is 346 g/mol. The predicted octanol–water partition coefficient (Wildman–Crippen LogP) is 1.68. The highest BCUT2D eigenvalue weighted by Crippen LogP contribution is 2.13. The molecular formula is C16H19ClN6O. The zero-order chi connectivity index (χ0) is 16.8. The van der Waals surface area contributed by atoms with Gasteiger partial charge in [0.2, 0.25) is 5.91 Å². The number of halogens is 1. The molecule has 0 aromatic carbocycles. The zero-order valence-electron chi connectivity index (χ0n) is 13.2. The maximum atomic E-state index is 12.3. The van der Waals surface area contributed by atoms with Crippen LogP contribution >= 0.6 is 11.6 Å². The second-order valence-electron chi connectivity index (χ2n) is 5.46. The summed E-state index contributed by atoms with van der Waals surface area (Å²) < 4.78 is 0. The number of rotatable bonds is 5. The molecule has 1 aliphatic heterocycles. The standard InChI is InChI=1S/C16H19ClN6O/c17-13-11-18-12-14(21-13)19-6-4-16(24)23-9-7-22(8-10-23)15-3-1-2-5-20-15/h1-3,5,11-12H,4,6-10H2,(H,19,21). The van der Waals surface area contributed by atoms with Crippen LogP contribution in [-0.4, -0.2) is 58.5 Å². The summed E-state index contributed by atoms with van der Waals surface area (Å²) in [7, 11) is 0. The summed E-state index contributed by atoms with van der Waals surface area (Å²) in [6, 6.07) is 5.87. The van der Waals surface area contributed by atoms with Crippen LogP contribution in [0.1, 0.15) is 6.42 Å². The van der Waals surface area contributed by atoms with Gasteiger partial charge in [-0.3, -0.25) is 9.78 Å². The SMILES string of the molecule is O=C(CCNc1cncc(Cl)n1)N1CCN(c2ccccn2)CC1. The van der Waals surface area contributed by atoms with Gasteiger partial charge in [-0.25, -0.2) is 9.97 Å². The first-order chi connectivity index (χ1) is 11.7. The van der Waals surface area contributed by atoms with Gasteiger partial charge in [-0.1, -0.05) is 17.7 Å². The number of nitrogens with one attached hydrogen (secondary N) is 1. The smallest absolute Gasteiger partial charge is 0.224 e. The van der Waals surface area contributed by atoms with Gasteiger partial charge in [0.25, 0.3) is 0 Å². The lowest BCUT2D eigenvalue weighted by molar-refractivity contribution is -0.131. The topological polar surface area (TPSA) is 74.2 Å². The van der Waals surface area contributed by atoms with Crippen molar-refractivity contribution >= 4 is 29.1 Å². The number of hydrogen-bond donors (Lipinski definition) is 1. The van der Waals surface area contributed by atoms with E-state index in [0.29, 0.717) is 37.0 Å². The van der Waals surface area contributed by atoms with Crippen LogP contribution in [0.15, 0.2) is 36.8 Å². The molecule has 24 heavy (non-hydrogen) atoms. The average Bonchev–Trinajstić information content (AvgIpc) is 2.63. The summed E-state index contributed by atoms with van der Waals surface area (Å²) in [6.07, 6.45) is 5.26. The number of hydrogen-bond acceptors (Lipinski definition) is 6. The fourth-order valence-corrected chi connectivity index (χ4v) is 2.76. The second-order valence-corrected chi connectivity index (χ2v) is 5.85. The van der Waals surface area contributed by atoms with Crippen LogP contribution in [0.5, 0.6) is 0 Å². The van der Waals surface area contributed by atoms with E-state index < -0.39 is 0 Å². The minimum absolute atomic E-state index is 0.137. The molecule has 1 fully saturated rings. The van der Waals surface area contributed by atoms with E-state index in [1.807, 2.05) is 23.1 Å². The normalized spacial score (nSPS) is 14.5. The number of aromatic nitrogens is 3. The Morgan fingerprint density at radius 3 is 2.75 bits per heavy atom. The molecule has 1 N–H and O–H groups in total. The molecule has 0 bridgehead atoms. The van der Waals surface area contributed by atoms with Gasteiger partial charge in [0.15, 0.2) is 0 Å². The van der Waals surface area contributed by atoms with Gasteiger partial charge in [0, 0.05) is 45.3 Å². The summed E-state index contributed by atoms with van der Waals surface area (Å²) in [5, 5.41) is 3.39. The first-order valence-corrected chi connectivity index (χ1v) is 8.25. The number of pyridine rings is 1. The van der Waals surface area contributed by atoms with Crippen molar-refractivity contribution < 1.29 is 4.79 Å². The summed E-state index contributed by atoms with van der Waals surface area (Å²) in [5.41, 5.74) is 0. The van der Waals surface area contributed by atoms with Crippen molar-refractivity contribution in [2.45, 2.75) is 6.42 Å². The molecule has 0 saturated carbocycles. The van der Waals surface area contributed by atoms with Crippen LogP contribution in [0.25, 0.3) is 0 Å². The van der Waals surface area contributed by atoms with Crippen LogP contribution < -0.4 is 10.2 Å². The molecule has 2 aromatic heterocycles. The van der Waals surface area contributed by atoms with E-state index in [9.17, 15) is 4.79 Å². The van der Waals surface area contributed by atoms with Crippen molar-refractivity contribution in [3.63, 3.8) is 0 Å². The van der Waals surface area contributed by atoms with Gasteiger partial charge in [-0.15, -0.1) is 0 Å². The van der Waals surface area contributed by atoms with E-state index >= 15 is 0 Å². The summed E-state index contributed by atoms with van der Waals surface area (Å²) >= 11 is 5.77. The molecule has 1 aliphatic rings. The number of amides is 1. The Hall–Kier alpha value is -2.41. The third kappa shape index (κ3) is 4.32. The van der Waals surface area contributed by atoms with Gasteiger partial charge < -0.3 is 15.1 Å². The van der Waals surface area contributed by atoms with E-state index in [2.05, 4.69) is 25.2 Å². The molecule has 0 aliphatic carbocycles. The van der Waals surface area contributed by atoms with Crippen molar-refractivity contribution in [3.8, 4) is 0 Å². The van der Waals surface area contributed by atoms with Gasteiger partial charge >= 0.3 is 0 Å². The Labute approximate surface area is 145 Å². The Morgan fingerprint density at radius 1 is 1.21 bits per heavy atom. The van der Waals surface area contributed by atoms with Crippen molar-refractivity contribution in [2.24, 2.45) is 0 Å². The second kappa shape index (κ2) is 7.92. The highest BCUT2D eigenvalue weighted by atomic mass is 35.5. The summed E-state index contributed by atoms with van der Waals surface area (Å²) in [4.78, 5) is 28.8. The average molecular weight is 347 g/mol. The lowest BCUT2D eigenvalue weighted by atomic mass is 10.2. The van der Waals surface area contributed by atoms with Gasteiger partial charge in [0.1, 0.15) is 16.8 Å². The molecule has 0 atom stereocenters. The van der Waals surface area contributed by atoms with Gasteiger partial charge in [0.05, 0.1) is 12.4 Å². The van der Waals surface area contributed by atoms with Gasteiger partial charge in [-0.05, 0) is 12.1 Å². The third-order valence-corrected chi connectivity index (χ3v) is 4.04. The molecular weight excluding hydrogens is 328 g/mol. The van der Waals surface area contributed by atoms with E-state index in [1.54, 1.807) is 12.4 Å². The van der Waals surface area contributed by atoms with Crippen LogP contribution in [0, 0.1) is 0 Å². The van der Waals surface area contributed by atoms with Crippen LogP contribution in [0.4, 0.5) is 11.6 Å². The Balaban J connectivity index is 1.42. The summed E-state index contributed by atoms with van der Waals surface area (Å²) in [6.45, 7) is 3.54. The largest absolute Gasteiger partial charge is 0.368 e. The molecule has 1 amide bonds. The molecule has 2 aromatic rings. The van der Waals surface area contributed by atoms with Crippen LogP contribution in [-0.2, 0) is 4.79 Å². The molecule has 126 valence electrons. The highest BCUT2D eigenvalue weighted by Gasteiger charge is 2.21. The molecule has 7 nitrogen and oxygen atoms in total. The van der Waals surface area contributed by atoms with E-state index in [1.165, 1.54) is 6.20 Å². The van der Waals surface area contributed by atoms with Gasteiger partial charge in [-0.2, -0.15) is 0 Å². The predicted molar refractivity (Wildman–Crippen MR) is 93.2 cm³/mol. The first-order valence-electron chi connectivity index (χ1n) is 7.87. The van der Waals surface area contributed by atoms with Crippen LogP contribution in [0.3, 0.4) is 0 Å². The molecule has 0 radical (unpaired) electrons. The molecule has 1 saturated heterocycles. The Morgan fingerprint density at radius 2 is 2.04 bits per heavy atom. The molecule has 8 heteroatoms. The number of carbonyl (C=O) groups excluding carboxylic acids is 1. The van der Waals surface area contributed by atoms with E-state index in [0.717, 1.165) is 18.9 Å². The molecule has 0 unspecified atom stereocenters. The molecule has 0 spiro atoms. The molecule has 3 heterocycles. The van der Waals surface area contributed by atoms with Crippen molar-refractivity contribution in [1.82, 2.24) is 19.9 Å². The number of piperazine rings is 1. The zero-order valence-corrected chi connectivity index (χ0v) is 14.0. The highest BCUT2D eigenvalue weighted by molar-refractivity contribution is 6.29. The Bertz CT molecular complexity index is 675. The maximum absolute atomic E-state index is 12.3. The molecule has 3 rings (SSSR count). The van der Waals surface area contributed by atoms with E-state index in [4.69, 9.17) is 11.6 Å². The number of carbonyl (C=O) groups is 1.